The van der Waals surface area contributed by atoms with Crippen molar-refractivity contribution in [3.8, 4) is 17.2 Å². The van der Waals surface area contributed by atoms with Gasteiger partial charge in [0.15, 0.2) is 0 Å². The van der Waals surface area contributed by atoms with E-state index in [9.17, 15) is 4.79 Å². The zero-order valence-electron chi connectivity index (χ0n) is 13.6. The number of carbonyl (C=O) groups is 1. The van der Waals surface area contributed by atoms with Gasteiger partial charge in [0.25, 0.3) is 5.91 Å². The van der Waals surface area contributed by atoms with E-state index < -0.39 is 0 Å². The fourth-order valence-electron chi connectivity index (χ4n) is 2.04. The molecule has 0 bridgehead atoms. The van der Waals surface area contributed by atoms with E-state index in [-0.39, 0.29) is 5.91 Å². The van der Waals surface area contributed by atoms with Gasteiger partial charge < -0.3 is 19.5 Å². The summed E-state index contributed by atoms with van der Waals surface area (Å²) in [4.78, 5) is 12.4. The lowest BCUT2D eigenvalue weighted by atomic mass is 10.2. The van der Waals surface area contributed by atoms with Gasteiger partial charge in [0.2, 0.25) is 0 Å². The Kier molecular flexibility index (Phi) is 5.86. The van der Waals surface area contributed by atoms with E-state index in [4.69, 9.17) is 14.2 Å². The molecule has 0 aliphatic rings. The number of amides is 1. The Morgan fingerprint density at radius 3 is 2.57 bits per heavy atom. The Morgan fingerprint density at radius 1 is 1.04 bits per heavy atom. The number of nitrogens with one attached hydrogen (secondary N) is 1. The standard InChI is InChI=1S/C18H21NO4/c1-4-10-23-15-7-5-6-13(11-15)18(20)19-16-9-8-14(21-2)12-17(16)22-3/h5-9,11-12H,4,10H2,1-3H3,(H,19,20). The Balaban J connectivity index is 2.15. The van der Waals surface area contributed by atoms with Crippen molar-refractivity contribution in [1.82, 2.24) is 0 Å². The molecule has 2 aromatic rings. The van der Waals surface area contributed by atoms with Crippen molar-refractivity contribution < 1.29 is 19.0 Å². The van der Waals surface area contributed by atoms with Crippen LogP contribution in [-0.4, -0.2) is 26.7 Å². The molecule has 0 radical (unpaired) electrons. The summed E-state index contributed by atoms with van der Waals surface area (Å²) in [5, 5.41) is 2.84. The number of benzene rings is 2. The molecule has 0 aliphatic carbocycles. The van der Waals surface area contributed by atoms with E-state index in [1.165, 1.54) is 0 Å². The van der Waals surface area contributed by atoms with Crippen molar-refractivity contribution >= 4 is 11.6 Å². The third-order valence-electron chi connectivity index (χ3n) is 3.23. The number of rotatable bonds is 7. The predicted octanol–water partition coefficient (Wildman–Crippen LogP) is 3.74. The first-order valence-electron chi connectivity index (χ1n) is 7.44. The second-order valence-electron chi connectivity index (χ2n) is 4.90. The molecular weight excluding hydrogens is 294 g/mol. The van der Waals surface area contributed by atoms with Crippen molar-refractivity contribution in [2.45, 2.75) is 13.3 Å². The number of anilines is 1. The third-order valence-corrected chi connectivity index (χ3v) is 3.23. The van der Waals surface area contributed by atoms with Gasteiger partial charge in [0.05, 0.1) is 26.5 Å². The maximum absolute atomic E-state index is 12.4. The summed E-state index contributed by atoms with van der Waals surface area (Å²) in [5.74, 6) is 1.66. The van der Waals surface area contributed by atoms with Gasteiger partial charge in [-0.05, 0) is 36.8 Å². The van der Waals surface area contributed by atoms with Crippen molar-refractivity contribution in [2.24, 2.45) is 0 Å². The van der Waals surface area contributed by atoms with Crippen LogP contribution in [0.15, 0.2) is 42.5 Å². The van der Waals surface area contributed by atoms with Gasteiger partial charge in [-0.3, -0.25) is 4.79 Å². The maximum Gasteiger partial charge on any atom is 0.255 e. The van der Waals surface area contributed by atoms with E-state index in [2.05, 4.69) is 5.32 Å². The zero-order chi connectivity index (χ0) is 16.7. The van der Waals surface area contributed by atoms with Crippen molar-refractivity contribution in [3.63, 3.8) is 0 Å². The fourth-order valence-corrected chi connectivity index (χ4v) is 2.04. The van der Waals surface area contributed by atoms with Gasteiger partial charge in [-0.25, -0.2) is 0 Å². The van der Waals surface area contributed by atoms with E-state index in [0.717, 1.165) is 6.42 Å². The van der Waals surface area contributed by atoms with Gasteiger partial charge in [0.1, 0.15) is 17.2 Å². The Bertz CT molecular complexity index is 670. The second kappa shape index (κ2) is 8.08. The molecule has 23 heavy (non-hydrogen) atoms. The summed E-state index contributed by atoms with van der Waals surface area (Å²) in [6.07, 6.45) is 0.916. The summed E-state index contributed by atoms with van der Waals surface area (Å²) in [7, 11) is 3.12. The summed E-state index contributed by atoms with van der Waals surface area (Å²) in [6, 6.07) is 12.3. The molecule has 122 valence electrons. The molecule has 0 heterocycles. The molecule has 1 amide bonds. The fraction of sp³-hybridized carbons (Fsp3) is 0.278. The highest BCUT2D eigenvalue weighted by atomic mass is 16.5. The van der Waals surface area contributed by atoms with E-state index in [1.807, 2.05) is 13.0 Å². The maximum atomic E-state index is 12.4. The molecule has 0 saturated carbocycles. The lowest BCUT2D eigenvalue weighted by molar-refractivity contribution is 0.102. The van der Waals surface area contributed by atoms with Crippen LogP contribution in [-0.2, 0) is 0 Å². The SMILES string of the molecule is CCCOc1cccc(C(=O)Nc2ccc(OC)cc2OC)c1. The molecule has 0 atom stereocenters. The highest BCUT2D eigenvalue weighted by Gasteiger charge is 2.11. The van der Waals surface area contributed by atoms with Crippen molar-refractivity contribution in [2.75, 3.05) is 26.1 Å². The molecule has 1 N–H and O–H groups in total. The molecule has 0 aromatic heterocycles. The first kappa shape index (κ1) is 16.7. The van der Waals surface area contributed by atoms with Crippen LogP contribution in [0.25, 0.3) is 0 Å². The molecule has 2 rings (SSSR count). The van der Waals surface area contributed by atoms with Crippen molar-refractivity contribution in [3.05, 3.63) is 48.0 Å². The van der Waals surface area contributed by atoms with Crippen LogP contribution < -0.4 is 19.5 Å². The first-order chi connectivity index (χ1) is 11.2. The topological polar surface area (TPSA) is 56.8 Å². The monoisotopic (exact) mass is 315 g/mol. The Morgan fingerprint density at radius 2 is 1.87 bits per heavy atom. The van der Waals surface area contributed by atoms with Gasteiger partial charge in [-0.15, -0.1) is 0 Å². The Labute approximate surface area is 136 Å². The molecule has 5 nitrogen and oxygen atoms in total. The minimum absolute atomic E-state index is 0.226. The Hall–Kier alpha value is -2.69. The highest BCUT2D eigenvalue weighted by molar-refractivity contribution is 6.05. The summed E-state index contributed by atoms with van der Waals surface area (Å²) in [6.45, 7) is 2.66. The van der Waals surface area contributed by atoms with Crippen LogP contribution >= 0.6 is 0 Å². The summed E-state index contributed by atoms with van der Waals surface area (Å²) < 4.78 is 16.0. The molecule has 0 spiro atoms. The smallest absolute Gasteiger partial charge is 0.255 e. The van der Waals surface area contributed by atoms with Crippen LogP contribution in [0.5, 0.6) is 17.2 Å². The lowest BCUT2D eigenvalue weighted by Gasteiger charge is -2.12. The van der Waals surface area contributed by atoms with Crippen molar-refractivity contribution in [1.29, 1.82) is 0 Å². The minimum atomic E-state index is -0.226. The van der Waals surface area contributed by atoms with Gasteiger partial charge in [0, 0.05) is 11.6 Å². The molecule has 0 aliphatic heterocycles. The molecule has 5 heteroatoms. The lowest BCUT2D eigenvalue weighted by Crippen LogP contribution is -2.13. The van der Waals surface area contributed by atoms with Gasteiger partial charge >= 0.3 is 0 Å². The highest BCUT2D eigenvalue weighted by Crippen LogP contribution is 2.29. The predicted molar refractivity (Wildman–Crippen MR) is 89.7 cm³/mol. The first-order valence-corrected chi connectivity index (χ1v) is 7.44. The molecule has 2 aromatic carbocycles. The number of hydrogen-bond acceptors (Lipinski definition) is 4. The largest absolute Gasteiger partial charge is 0.497 e. The molecular formula is C18H21NO4. The van der Waals surface area contributed by atoms with Crippen LogP contribution in [0.3, 0.4) is 0 Å². The molecule has 0 saturated heterocycles. The normalized spacial score (nSPS) is 10.0. The minimum Gasteiger partial charge on any atom is -0.497 e. The zero-order valence-corrected chi connectivity index (χ0v) is 13.6. The average Bonchev–Trinajstić information content (AvgIpc) is 2.60. The van der Waals surface area contributed by atoms with Crippen LogP contribution in [0.2, 0.25) is 0 Å². The van der Waals surface area contributed by atoms with Gasteiger partial charge in [-0.2, -0.15) is 0 Å². The van der Waals surface area contributed by atoms with Crippen LogP contribution in [0.1, 0.15) is 23.7 Å². The molecule has 0 unspecified atom stereocenters. The third kappa shape index (κ3) is 4.39. The summed E-state index contributed by atoms with van der Waals surface area (Å²) in [5.41, 5.74) is 1.11. The number of hydrogen-bond donors (Lipinski definition) is 1. The van der Waals surface area contributed by atoms with Gasteiger partial charge in [-0.1, -0.05) is 13.0 Å². The quantitative estimate of drug-likeness (QED) is 0.845. The van der Waals surface area contributed by atoms with E-state index in [1.54, 1.807) is 50.6 Å². The van der Waals surface area contributed by atoms with E-state index in [0.29, 0.717) is 35.1 Å². The number of ether oxygens (including phenoxy) is 3. The van der Waals surface area contributed by atoms with Crippen LogP contribution in [0.4, 0.5) is 5.69 Å². The molecule has 0 fully saturated rings. The summed E-state index contributed by atoms with van der Waals surface area (Å²) >= 11 is 0. The number of carbonyl (C=O) groups excluding carboxylic acids is 1. The van der Waals surface area contributed by atoms with E-state index >= 15 is 0 Å². The number of methoxy groups -OCH3 is 2. The average molecular weight is 315 g/mol. The second-order valence-corrected chi connectivity index (χ2v) is 4.90. The van der Waals surface area contributed by atoms with Crippen LogP contribution in [0, 0.1) is 0 Å².